The Labute approximate surface area is 147 Å². The Balaban J connectivity index is 1.92. The molecule has 1 amide bonds. The van der Waals surface area contributed by atoms with Gasteiger partial charge >= 0.3 is 12.1 Å². The van der Waals surface area contributed by atoms with E-state index in [9.17, 15) is 14.7 Å². The molecule has 1 aliphatic heterocycles. The van der Waals surface area contributed by atoms with Crippen molar-refractivity contribution in [3.05, 3.63) is 35.9 Å². The topological polar surface area (TPSA) is 76.1 Å². The number of carbonyl (C=O) groups excluding carboxylic acids is 1. The molecule has 0 bridgehead atoms. The second kappa shape index (κ2) is 8.04. The van der Waals surface area contributed by atoms with Crippen LogP contribution in [0.5, 0.6) is 0 Å². The molecule has 1 aliphatic rings. The molecule has 0 spiro atoms. The van der Waals surface area contributed by atoms with E-state index in [1.165, 1.54) is 4.90 Å². The van der Waals surface area contributed by atoms with E-state index in [0.717, 1.165) is 5.56 Å². The highest BCUT2D eigenvalue weighted by molar-refractivity contribution is 5.81. The second-order valence-electron chi connectivity index (χ2n) is 6.82. The zero-order valence-corrected chi connectivity index (χ0v) is 14.7. The molecule has 1 N–H and O–H groups in total. The van der Waals surface area contributed by atoms with Gasteiger partial charge in [0.15, 0.2) is 0 Å². The number of carboxylic acid groups (broad SMARTS) is 1. The maximum Gasteiger partial charge on any atom is 0.411 e. The summed E-state index contributed by atoms with van der Waals surface area (Å²) in [7, 11) is 0. The SMILES string of the molecule is CC(C)(C)OC(=O)N1C[C@H](OCC#Cc2ccccc2)CC1C(=O)O. The summed E-state index contributed by atoms with van der Waals surface area (Å²) in [6.07, 6.45) is -0.790. The highest BCUT2D eigenvalue weighted by Gasteiger charge is 2.42. The first-order chi connectivity index (χ1) is 11.8. The van der Waals surface area contributed by atoms with E-state index in [4.69, 9.17) is 9.47 Å². The van der Waals surface area contributed by atoms with Gasteiger partial charge in [-0.2, -0.15) is 0 Å². The fourth-order valence-corrected chi connectivity index (χ4v) is 2.49. The van der Waals surface area contributed by atoms with Crippen LogP contribution in [0.2, 0.25) is 0 Å². The van der Waals surface area contributed by atoms with Gasteiger partial charge in [0.05, 0.1) is 12.6 Å². The van der Waals surface area contributed by atoms with Gasteiger partial charge in [0.2, 0.25) is 0 Å². The molecule has 6 heteroatoms. The van der Waals surface area contributed by atoms with Gasteiger partial charge in [-0.25, -0.2) is 9.59 Å². The third kappa shape index (κ3) is 5.80. The first kappa shape index (κ1) is 18.8. The Morgan fingerprint density at radius 2 is 1.96 bits per heavy atom. The largest absolute Gasteiger partial charge is 0.480 e. The summed E-state index contributed by atoms with van der Waals surface area (Å²) in [4.78, 5) is 24.8. The molecule has 0 saturated carbocycles. The fraction of sp³-hybridized carbons (Fsp3) is 0.474. The average Bonchev–Trinajstić information content (AvgIpc) is 2.96. The van der Waals surface area contributed by atoms with Crippen LogP contribution in [0.4, 0.5) is 4.79 Å². The van der Waals surface area contributed by atoms with Gasteiger partial charge in [0.25, 0.3) is 0 Å². The van der Waals surface area contributed by atoms with E-state index in [-0.39, 0.29) is 25.7 Å². The number of hydrogen-bond donors (Lipinski definition) is 1. The predicted octanol–water partition coefficient (Wildman–Crippen LogP) is 2.52. The average molecular weight is 345 g/mol. The standard InChI is InChI=1S/C19H23NO5/c1-19(2,3)25-18(23)20-13-15(12-16(20)17(21)22)24-11-7-10-14-8-5-4-6-9-14/h4-6,8-9,15-16H,11-13H2,1-3H3,(H,21,22)/t15-,16?/m1/s1. The maximum atomic E-state index is 12.2. The number of aliphatic carboxylic acids is 1. The molecule has 0 aromatic heterocycles. The summed E-state index contributed by atoms with van der Waals surface area (Å²) >= 11 is 0. The molecule has 25 heavy (non-hydrogen) atoms. The number of benzene rings is 1. The van der Waals surface area contributed by atoms with Crippen molar-refractivity contribution in [1.29, 1.82) is 0 Å². The van der Waals surface area contributed by atoms with Gasteiger partial charge in [-0.05, 0) is 32.9 Å². The lowest BCUT2D eigenvalue weighted by atomic mass is 10.2. The molecule has 1 saturated heterocycles. The zero-order chi connectivity index (χ0) is 18.4. The fourth-order valence-electron chi connectivity index (χ4n) is 2.49. The Kier molecular flexibility index (Phi) is 6.05. The van der Waals surface area contributed by atoms with Crippen LogP contribution in [-0.2, 0) is 14.3 Å². The first-order valence-electron chi connectivity index (χ1n) is 8.14. The van der Waals surface area contributed by atoms with Crippen LogP contribution in [-0.4, -0.2) is 53.0 Å². The van der Waals surface area contributed by atoms with E-state index in [1.807, 2.05) is 30.3 Å². The molecule has 1 unspecified atom stereocenters. The highest BCUT2D eigenvalue weighted by Crippen LogP contribution is 2.23. The van der Waals surface area contributed by atoms with E-state index >= 15 is 0 Å². The third-order valence-electron chi connectivity index (χ3n) is 3.57. The molecule has 6 nitrogen and oxygen atoms in total. The molecular formula is C19H23NO5. The number of rotatable bonds is 3. The van der Waals surface area contributed by atoms with Crippen LogP contribution >= 0.6 is 0 Å². The summed E-state index contributed by atoms with van der Waals surface area (Å²) < 4.78 is 10.9. The highest BCUT2D eigenvalue weighted by atomic mass is 16.6. The minimum Gasteiger partial charge on any atom is -0.480 e. The van der Waals surface area contributed by atoms with Crippen LogP contribution in [0.1, 0.15) is 32.8 Å². The molecule has 1 aromatic carbocycles. The molecule has 0 radical (unpaired) electrons. The van der Waals surface area contributed by atoms with Crippen molar-refractivity contribution in [2.24, 2.45) is 0 Å². The number of carbonyl (C=O) groups is 2. The predicted molar refractivity (Wildman–Crippen MR) is 92.0 cm³/mol. The Bertz CT molecular complexity index is 669. The normalized spacial score (nSPS) is 19.9. The van der Waals surface area contributed by atoms with Crippen molar-refractivity contribution in [3.63, 3.8) is 0 Å². The quantitative estimate of drug-likeness (QED) is 0.852. The minimum absolute atomic E-state index is 0.175. The van der Waals surface area contributed by atoms with Gasteiger partial charge in [-0.3, -0.25) is 4.90 Å². The molecule has 1 heterocycles. The summed E-state index contributed by atoms with van der Waals surface area (Å²) in [6, 6.07) is 8.57. The van der Waals surface area contributed by atoms with Crippen LogP contribution in [0.15, 0.2) is 30.3 Å². The maximum absolute atomic E-state index is 12.2. The lowest BCUT2D eigenvalue weighted by molar-refractivity contribution is -0.142. The molecule has 1 fully saturated rings. The summed E-state index contributed by atoms with van der Waals surface area (Å²) in [5.41, 5.74) is 0.205. The molecular weight excluding hydrogens is 322 g/mol. The van der Waals surface area contributed by atoms with E-state index in [1.54, 1.807) is 20.8 Å². The molecule has 2 rings (SSSR count). The number of hydrogen-bond acceptors (Lipinski definition) is 4. The monoisotopic (exact) mass is 345 g/mol. The van der Waals surface area contributed by atoms with Crippen molar-refractivity contribution >= 4 is 12.1 Å². The summed E-state index contributed by atoms with van der Waals surface area (Å²) in [5, 5.41) is 9.34. The number of likely N-dealkylation sites (tertiary alicyclic amines) is 1. The first-order valence-corrected chi connectivity index (χ1v) is 8.14. The van der Waals surface area contributed by atoms with Crippen molar-refractivity contribution in [2.45, 2.75) is 44.9 Å². The molecule has 134 valence electrons. The van der Waals surface area contributed by atoms with Gasteiger partial charge in [0.1, 0.15) is 18.2 Å². The van der Waals surface area contributed by atoms with Crippen molar-refractivity contribution in [2.75, 3.05) is 13.2 Å². The Morgan fingerprint density at radius 3 is 2.56 bits per heavy atom. The summed E-state index contributed by atoms with van der Waals surface area (Å²) in [6.45, 7) is 5.57. The summed E-state index contributed by atoms with van der Waals surface area (Å²) in [5.74, 6) is 4.81. The third-order valence-corrected chi connectivity index (χ3v) is 3.57. The molecule has 2 atom stereocenters. The number of nitrogens with zero attached hydrogens (tertiary/aromatic N) is 1. The van der Waals surface area contributed by atoms with Crippen LogP contribution < -0.4 is 0 Å². The van der Waals surface area contributed by atoms with Crippen molar-refractivity contribution in [3.8, 4) is 11.8 Å². The smallest absolute Gasteiger partial charge is 0.411 e. The Hall–Kier alpha value is -2.52. The number of amides is 1. The molecule has 0 aliphatic carbocycles. The van der Waals surface area contributed by atoms with Crippen LogP contribution in [0.3, 0.4) is 0 Å². The van der Waals surface area contributed by atoms with Crippen LogP contribution in [0.25, 0.3) is 0 Å². The zero-order valence-electron chi connectivity index (χ0n) is 14.7. The van der Waals surface area contributed by atoms with E-state index in [2.05, 4.69) is 11.8 Å². The lowest BCUT2D eigenvalue weighted by Crippen LogP contribution is -2.43. The lowest BCUT2D eigenvalue weighted by Gasteiger charge is -2.26. The Morgan fingerprint density at radius 1 is 1.28 bits per heavy atom. The van der Waals surface area contributed by atoms with E-state index < -0.39 is 23.7 Å². The number of ether oxygens (including phenoxy) is 2. The van der Waals surface area contributed by atoms with Gasteiger partial charge in [0, 0.05) is 12.0 Å². The molecule has 1 aromatic rings. The van der Waals surface area contributed by atoms with Crippen molar-refractivity contribution < 1.29 is 24.2 Å². The van der Waals surface area contributed by atoms with Gasteiger partial charge in [-0.1, -0.05) is 30.0 Å². The van der Waals surface area contributed by atoms with Crippen molar-refractivity contribution in [1.82, 2.24) is 4.90 Å². The van der Waals surface area contributed by atoms with E-state index in [0.29, 0.717) is 0 Å². The second-order valence-corrected chi connectivity index (χ2v) is 6.82. The number of carboxylic acids is 1. The van der Waals surface area contributed by atoms with Gasteiger partial charge in [-0.15, -0.1) is 0 Å². The minimum atomic E-state index is -1.06. The van der Waals surface area contributed by atoms with Gasteiger partial charge < -0.3 is 14.6 Å². The van der Waals surface area contributed by atoms with Crippen LogP contribution in [0, 0.1) is 11.8 Å².